The number of amides is 1. The molecule has 176 valence electrons. The largest absolute Gasteiger partial charge is 0.454 e. The summed E-state index contributed by atoms with van der Waals surface area (Å²) in [7, 11) is 0. The van der Waals surface area contributed by atoms with Gasteiger partial charge >= 0.3 is 5.97 Å². The molecule has 0 radical (unpaired) electrons. The standard InChI is InChI=1S/C27H23N3O5/c1-18(26(31)28-15-19-12-13-23-24(14-19)34-17-33-23)35-27(32)22-16-30(21-10-6-3-7-11-21)29-25(22)20-8-4-2-5-9-20/h2-14,16,18H,15,17H2,1H3,(H,28,31)/t18-/m0/s1. The van der Waals surface area contributed by atoms with Gasteiger partial charge in [0.25, 0.3) is 5.91 Å². The molecule has 3 aromatic carbocycles. The van der Waals surface area contributed by atoms with E-state index in [0.29, 0.717) is 17.2 Å². The maximum absolute atomic E-state index is 13.1. The van der Waals surface area contributed by atoms with Crippen molar-refractivity contribution in [3.8, 4) is 28.4 Å². The summed E-state index contributed by atoms with van der Waals surface area (Å²) in [6.07, 6.45) is 0.622. The number of benzene rings is 3. The molecule has 2 heterocycles. The number of para-hydroxylation sites is 1. The average molecular weight is 469 g/mol. The van der Waals surface area contributed by atoms with Gasteiger partial charge in [-0.3, -0.25) is 4.79 Å². The maximum atomic E-state index is 13.1. The summed E-state index contributed by atoms with van der Waals surface area (Å²) in [5.74, 6) is 0.275. The third-order valence-corrected chi connectivity index (χ3v) is 5.56. The number of carbonyl (C=O) groups is 2. The van der Waals surface area contributed by atoms with Crippen molar-refractivity contribution in [2.45, 2.75) is 19.6 Å². The molecular formula is C27H23N3O5. The molecule has 8 heteroatoms. The quantitative estimate of drug-likeness (QED) is 0.409. The first-order chi connectivity index (χ1) is 17.1. The van der Waals surface area contributed by atoms with Crippen molar-refractivity contribution >= 4 is 11.9 Å². The summed E-state index contributed by atoms with van der Waals surface area (Å²) in [4.78, 5) is 25.7. The van der Waals surface area contributed by atoms with Crippen LogP contribution >= 0.6 is 0 Å². The smallest absolute Gasteiger partial charge is 0.342 e. The van der Waals surface area contributed by atoms with Crippen LogP contribution < -0.4 is 14.8 Å². The van der Waals surface area contributed by atoms with Crippen molar-refractivity contribution in [3.05, 3.63) is 96.2 Å². The lowest BCUT2D eigenvalue weighted by Crippen LogP contribution is -2.35. The number of ether oxygens (including phenoxy) is 3. The first kappa shape index (κ1) is 22.2. The highest BCUT2D eigenvalue weighted by molar-refractivity contribution is 5.97. The van der Waals surface area contributed by atoms with E-state index >= 15 is 0 Å². The van der Waals surface area contributed by atoms with E-state index in [9.17, 15) is 9.59 Å². The lowest BCUT2D eigenvalue weighted by atomic mass is 10.1. The van der Waals surface area contributed by atoms with Crippen molar-refractivity contribution in [3.63, 3.8) is 0 Å². The minimum Gasteiger partial charge on any atom is -0.454 e. The SMILES string of the molecule is C[C@H](OC(=O)c1cn(-c2ccccc2)nc1-c1ccccc1)C(=O)NCc1ccc2c(c1)OCO2. The molecule has 1 aromatic heterocycles. The Morgan fingerprint density at radius 1 is 1.00 bits per heavy atom. The Kier molecular flexibility index (Phi) is 6.17. The number of nitrogens with one attached hydrogen (secondary N) is 1. The van der Waals surface area contributed by atoms with Gasteiger partial charge in [0.05, 0.1) is 5.69 Å². The van der Waals surface area contributed by atoms with Crippen LogP contribution in [-0.4, -0.2) is 34.6 Å². The van der Waals surface area contributed by atoms with Gasteiger partial charge in [0.1, 0.15) is 11.3 Å². The van der Waals surface area contributed by atoms with Crippen molar-refractivity contribution in [2.24, 2.45) is 0 Å². The third kappa shape index (κ3) is 4.86. The Bertz CT molecular complexity index is 1350. The summed E-state index contributed by atoms with van der Waals surface area (Å²) in [5, 5.41) is 7.41. The third-order valence-electron chi connectivity index (χ3n) is 5.56. The van der Waals surface area contributed by atoms with Crippen molar-refractivity contribution in [2.75, 3.05) is 6.79 Å². The van der Waals surface area contributed by atoms with Crippen LogP contribution in [0.5, 0.6) is 11.5 Å². The molecule has 1 aliphatic heterocycles. The van der Waals surface area contributed by atoms with Gasteiger partial charge in [-0.05, 0) is 36.8 Å². The van der Waals surface area contributed by atoms with E-state index < -0.39 is 18.0 Å². The lowest BCUT2D eigenvalue weighted by molar-refractivity contribution is -0.129. The molecule has 0 fully saturated rings. The Labute approximate surface area is 202 Å². The molecule has 0 spiro atoms. The van der Waals surface area contributed by atoms with Gasteiger partial charge in [0.2, 0.25) is 6.79 Å². The van der Waals surface area contributed by atoms with Gasteiger partial charge in [-0.15, -0.1) is 0 Å². The van der Waals surface area contributed by atoms with Crippen LogP contribution in [0.2, 0.25) is 0 Å². The Morgan fingerprint density at radius 3 is 2.49 bits per heavy atom. The van der Waals surface area contributed by atoms with Crippen LogP contribution in [0, 0.1) is 0 Å². The second kappa shape index (κ2) is 9.72. The van der Waals surface area contributed by atoms with E-state index in [-0.39, 0.29) is 18.9 Å². The number of nitrogens with zero attached hydrogens (tertiary/aromatic N) is 2. The predicted octanol–water partition coefficient (Wildman–Crippen LogP) is 4.13. The molecule has 0 saturated heterocycles. The van der Waals surface area contributed by atoms with Gasteiger partial charge in [-0.1, -0.05) is 54.6 Å². The zero-order chi connectivity index (χ0) is 24.2. The van der Waals surface area contributed by atoms with Crippen molar-refractivity contribution in [1.82, 2.24) is 15.1 Å². The molecule has 35 heavy (non-hydrogen) atoms. The molecule has 5 rings (SSSR count). The minimum absolute atomic E-state index is 0.184. The number of rotatable bonds is 7. The second-order valence-corrected chi connectivity index (χ2v) is 7.99. The topological polar surface area (TPSA) is 91.7 Å². The summed E-state index contributed by atoms with van der Waals surface area (Å²) in [6, 6.07) is 24.3. The van der Waals surface area contributed by atoms with Crippen LogP contribution in [0.25, 0.3) is 16.9 Å². The van der Waals surface area contributed by atoms with E-state index in [4.69, 9.17) is 14.2 Å². The van der Waals surface area contributed by atoms with Crippen LogP contribution in [0.1, 0.15) is 22.8 Å². The van der Waals surface area contributed by atoms with Gasteiger partial charge in [0, 0.05) is 18.3 Å². The monoisotopic (exact) mass is 469 g/mol. The summed E-state index contributed by atoms with van der Waals surface area (Å²) in [5.41, 5.74) is 3.17. The summed E-state index contributed by atoms with van der Waals surface area (Å²) < 4.78 is 17.8. The van der Waals surface area contributed by atoms with Crippen LogP contribution in [0.4, 0.5) is 0 Å². The molecule has 0 saturated carbocycles. The van der Waals surface area contributed by atoms with Gasteiger partial charge in [-0.25, -0.2) is 9.48 Å². The molecule has 4 aromatic rings. The zero-order valence-corrected chi connectivity index (χ0v) is 19.0. The number of carbonyl (C=O) groups excluding carboxylic acids is 2. The van der Waals surface area contributed by atoms with Crippen molar-refractivity contribution in [1.29, 1.82) is 0 Å². The molecule has 1 amide bonds. The Morgan fingerprint density at radius 2 is 1.71 bits per heavy atom. The normalized spacial score (nSPS) is 12.7. The first-order valence-corrected chi connectivity index (χ1v) is 11.2. The molecule has 1 N–H and O–H groups in total. The number of aromatic nitrogens is 2. The average Bonchev–Trinajstić information content (AvgIpc) is 3.55. The molecule has 8 nitrogen and oxygen atoms in total. The minimum atomic E-state index is -1.000. The van der Waals surface area contributed by atoms with Crippen LogP contribution in [0.3, 0.4) is 0 Å². The van der Waals surface area contributed by atoms with Gasteiger partial charge in [0.15, 0.2) is 17.6 Å². The van der Waals surface area contributed by atoms with Gasteiger partial charge in [-0.2, -0.15) is 5.10 Å². The second-order valence-electron chi connectivity index (χ2n) is 7.99. The number of hydrogen-bond donors (Lipinski definition) is 1. The molecule has 0 aliphatic carbocycles. The maximum Gasteiger partial charge on any atom is 0.342 e. The highest BCUT2D eigenvalue weighted by Crippen LogP contribution is 2.32. The van der Waals surface area contributed by atoms with Crippen molar-refractivity contribution < 1.29 is 23.8 Å². The molecular weight excluding hydrogens is 446 g/mol. The van der Waals surface area contributed by atoms with Crippen LogP contribution in [-0.2, 0) is 16.1 Å². The predicted molar refractivity (Wildman–Crippen MR) is 128 cm³/mol. The van der Waals surface area contributed by atoms with E-state index in [2.05, 4.69) is 10.4 Å². The first-order valence-electron chi connectivity index (χ1n) is 11.2. The van der Waals surface area contributed by atoms with E-state index in [1.54, 1.807) is 16.9 Å². The van der Waals surface area contributed by atoms with E-state index in [1.807, 2.05) is 72.8 Å². The fourth-order valence-electron chi connectivity index (χ4n) is 3.71. The highest BCUT2D eigenvalue weighted by Gasteiger charge is 2.24. The summed E-state index contributed by atoms with van der Waals surface area (Å²) in [6.45, 7) is 1.99. The number of esters is 1. The fraction of sp³-hybridized carbons (Fsp3) is 0.148. The number of hydrogen-bond acceptors (Lipinski definition) is 6. The Balaban J connectivity index is 1.30. The number of fused-ring (bicyclic) bond motifs is 1. The molecule has 0 unspecified atom stereocenters. The van der Waals surface area contributed by atoms with Crippen LogP contribution in [0.15, 0.2) is 85.1 Å². The zero-order valence-electron chi connectivity index (χ0n) is 19.0. The molecule has 1 aliphatic rings. The fourth-order valence-corrected chi connectivity index (χ4v) is 3.71. The van der Waals surface area contributed by atoms with E-state index in [0.717, 1.165) is 16.8 Å². The van der Waals surface area contributed by atoms with Gasteiger partial charge < -0.3 is 19.5 Å². The highest BCUT2D eigenvalue weighted by atomic mass is 16.7. The molecule has 0 bridgehead atoms. The lowest BCUT2D eigenvalue weighted by Gasteiger charge is -2.13. The summed E-state index contributed by atoms with van der Waals surface area (Å²) >= 11 is 0. The van der Waals surface area contributed by atoms with E-state index in [1.165, 1.54) is 6.92 Å². The molecule has 1 atom stereocenters. The Hall–Kier alpha value is -4.59.